The monoisotopic (exact) mass is 236 g/mol. The molecule has 1 aromatic heterocycles. The number of hydrogen-bond donors (Lipinski definition) is 3. The molecule has 0 saturated heterocycles. The largest absolute Gasteiger partial charge is 0.528 e. The Labute approximate surface area is 93.6 Å². The topological polar surface area (TPSA) is 78.5 Å². The third-order valence-corrected chi connectivity index (χ3v) is 3.37. The molecular formula is C10H12N2O3Si. The molecule has 6 heteroatoms. The van der Waals surface area contributed by atoms with E-state index in [0.717, 1.165) is 5.56 Å². The highest BCUT2D eigenvalue weighted by Gasteiger charge is 2.29. The van der Waals surface area contributed by atoms with Crippen LogP contribution in [-0.2, 0) is 6.54 Å². The summed E-state index contributed by atoms with van der Waals surface area (Å²) in [6.45, 7) is 0.664. The first-order chi connectivity index (χ1) is 7.55. The van der Waals surface area contributed by atoms with Gasteiger partial charge >= 0.3 is 8.80 Å². The first-order valence-electron chi connectivity index (χ1n) is 4.78. The lowest BCUT2D eigenvalue weighted by atomic mass is 10.2. The molecule has 0 saturated carbocycles. The van der Waals surface area contributed by atoms with Crippen LogP contribution in [-0.4, -0.2) is 32.7 Å². The quantitative estimate of drug-likeness (QED) is 0.601. The maximum atomic E-state index is 9.07. The highest BCUT2D eigenvalue weighted by Crippen LogP contribution is 2.02. The van der Waals surface area contributed by atoms with Crippen LogP contribution in [0, 0.1) is 0 Å². The lowest BCUT2D eigenvalue weighted by molar-refractivity contribution is 0.249. The van der Waals surface area contributed by atoms with Crippen molar-refractivity contribution in [2.75, 3.05) is 0 Å². The fourth-order valence-electron chi connectivity index (χ4n) is 1.42. The van der Waals surface area contributed by atoms with Crippen LogP contribution >= 0.6 is 0 Å². The number of aromatic nitrogens is 2. The average Bonchev–Trinajstić information content (AvgIpc) is 2.70. The molecule has 0 aliphatic rings. The van der Waals surface area contributed by atoms with Crippen LogP contribution in [0.4, 0.5) is 0 Å². The summed E-state index contributed by atoms with van der Waals surface area (Å²) < 4.78 is 1.90. The molecule has 1 aromatic carbocycles. The third kappa shape index (κ3) is 2.55. The summed E-state index contributed by atoms with van der Waals surface area (Å²) in [6, 6.07) is 6.55. The Morgan fingerprint density at radius 3 is 2.31 bits per heavy atom. The molecule has 0 unspecified atom stereocenters. The Balaban J connectivity index is 2.14. The van der Waals surface area contributed by atoms with E-state index in [1.54, 1.807) is 24.7 Å². The summed E-state index contributed by atoms with van der Waals surface area (Å²) in [6.07, 6.45) is 5.25. The summed E-state index contributed by atoms with van der Waals surface area (Å²) in [4.78, 5) is 31.1. The fourth-order valence-corrected chi connectivity index (χ4v) is 2.04. The minimum atomic E-state index is -4.15. The van der Waals surface area contributed by atoms with Gasteiger partial charge in [-0.15, -0.1) is 0 Å². The molecule has 2 aromatic rings. The summed E-state index contributed by atoms with van der Waals surface area (Å²) >= 11 is 0. The lowest BCUT2D eigenvalue weighted by Crippen LogP contribution is -2.48. The number of imidazole rings is 1. The Kier molecular flexibility index (Phi) is 2.88. The summed E-state index contributed by atoms with van der Waals surface area (Å²) in [7, 11) is -4.15. The first-order valence-corrected chi connectivity index (χ1v) is 6.62. The van der Waals surface area contributed by atoms with E-state index >= 15 is 0 Å². The van der Waals surface area contributed by atoms with Crippen molar-refractivity contribution in [3.63, 3.8) is 0 Å². The van der Waals surface area contributed by atoms with Crippen LogP contribution in [0.1, 0.15) is 5.56 Å². The summed E-state index contributed by atoms with van der Waals surface area (Å²) in [5.41, 5.74) is 1.00. The number of benzene rings is 1. The van der Waals surface area contributed by atoms with Gasteiger partial charge < -0.3 is 19.0 Å². The van der Waals surface area contributed by atoms with E-state index < -0.39 is 8.80 Å². The van der Waals surface area contributed by atoms with Crippen LogP contribution in [0.25, 0.3) is 0 Å². The number of rotatable bonds is 3. The van der Waals surface area contributed by atoms with Gasteiger partial charge in [-0.2, -0.15) is 0 Å². The SMILES string of the molecule is O[Si](O)(O)c1ccc(Cn2ccnc2)cc1. The van der Waals surface area contributed by atoms with Gasteiger partial charge in [0.05, 0.1) is 6.33 Å². The van der Waals surface area contributed by atoms with Gasteiger partial charge in [0.2, 0.25) is 0 Å². The molecule has 0 amide bonds. The zero-order valence-electron chi connectivity index (χ0n) is 8.48. The molecule has 1 heterocycles. The smallest absolute Gasteiger partial charge is 0.386 e. The minimum absolute atomic E-state index is 0.182. The average molecular weight is 236 g/mol. The molecule has 16 heavy (non-hydrogen) atoms. The highest BCUT2D eigenvalue weighted by atomic mass is 28.4. The van der Waals surface area contributed by atoms with Crippen molar-refractivity contribution in [3.8, 4) is 0 Å². The maximum Gasteiger partial charge on any atom is 0.528 e. The molecule has 84 valence electrons. The zero-order chi connectivity index (χ0) is 11.6. The molecule has 0 fully saturated rings. The molecule has 0 spiro atoms. The molecule has 3 N–H and O–H groups in total. The zero-order valence-corrected chi connectivity index (χ0v) is 9.48. The van der Waals surface area contributed by atoms with Crippen LogP contribution in [0.15, 0.2) is 43.0 Å². The van der Waals surface area contributed by atoms with Gasteiger partial charge in [-0.3, -0.25) is 0 Å². The van der Waals surface area contributed by atoms with Crippen LogP contribution in [0.2, 0.25) is 0 Å². The first kappa shape index (κ1) is 11.0. The van der Waals surface area contributed by atoms with Crippen molar-refractivity contribution in [1.29, 1.82) is 0 Å². The van der Waals surface area contributed by atoms with Gasteiger partial charge in [-0.25, -0.2) is 4.98 Å². The second-order valence-corrected chi connectivity index (χ2v) is 5.42. The van der Waals surface area contributed by atoms with E-state index in [-0.39, 0.29) is 5.19 Å². The molecule has 0 bridgehead atoms. The van der Waals surface area contributed by atoms with Gasteiger partial charge in [0, 0.05) is 24.1 Å². The van der Waals surface area contributed by atoms with E-state index in [1.165, 1.54) is 12.1 Å². The van der Waals surface area contributed by atoms with Gasteiger partial charge in [0.15, 0.2) is 0 Å². The predicted octanol–water partition coefficient (Wildman–Crippen LogP) is -0.946. The highest BCUT2D eigenvalue weighted by molar-refractivity contribution is 6.71. The fraction of sp³-hybridized carbons (Fsp3) is 0.100. The van der Waals surface area contributed by atoms with Gasteiger partial charge in [0.25, 0.3) is 0 Å². The second-order valence-electron chi connectivity index (χ2n) is 3.57. The molecule has 0 aliphatic carbocycles. The maximum absolute atomic E-state index is 9.07. The van der Waals surface area contributed by atoms with Crippen LogP contribution < -0.4 is 5.19 Å². The molecule has 5 nitrogen and oxygen atoms in total. The van der Waals surface area contributed by atoms with Crippen molar-refractivity contribution in [2.24, 2.45) is 0 Å². The number of nitrogens with zero attached hydrogens (tertiary/aromatic N) is 2. The Morgan fingerprint density at radius 1 is 1.12 bits per heavy atom. The third-order valence-electron chi connectivity index (χ3n) is 2.27. The summed E-state index contributed by atoms with van der Waals surface area (Å²) in [5.74, 6) is 0. The van der Waals surface area contributed by atoms with Crippen molar-refractivity contribution in [2.45, 2.75) is 6.54 Å². The molecule has 0 radical (unpaired) electrons. The Morgan fingerprint density at radius 2 is 1.81 bits per heavy atom. The second kappa shape index (κ2) is 4.18. The van der Waals surface area contributed by atoms with Crippen molar-refractivity contribution >= 4 is 14.0 Å². The van der Waals surface area contributed by atoms with E-state index in [2.05, 4.69) is 4.98 Å². The van der Waals surface area contributed by atoms with E-state index in [4.69, 9.17) is 14.4 Å². The van der Waals surface area contributed by atoms with Gasteiger partial charge in [-0.1, -0.05) is 24.3 Å². The molecule has 0 aliphatic heterocycles. The van der Waals surface area contributed by atoms with Crippen molar-refractivity contribution in [3.05, 3.63) is 48.5 Å². The van der Waals surface area contributed by atoms with Crippen molar-refractivity contribution < 1.29 is 14.4 Å². The summed E-state index contributed by atoms with van der Waals surface area (Å²) in [5, 5.41) is 0.182. The van der Waals surface area contributed by atoms with Crippen molar-refractivity contribution in [1.82, 2.24) is 9.55 Å². The molecule has 0 atom stereocenters. The lowest BCUT2D eigenvalue weighted by Gasteiger charge is -2.10. The van der Waals surface area contributed by atoms with Gasteiger partial charge in [-0.05, 0) is 5.56 Å². The molecule has 2 rings (SSSR count). The molecular weight excluding hydrogens is 224 g/mol. The van der Waals surface area contributed by atoms with Crippen LogP contribution in [0.3, 0.4) is 0 Å². The van der Waals surface area contributed by atoms with E-state index in [1.807, 2.05) is 10.8 Å². The predicted molar refractivity (Wildman–Crippen MR) is 59.8 cm³/mol. The standard InChI is InChI=1S/C10H12N2O3Si/c13-16(14,15)10-3-1-9(2-4-10)7-12-6-5-11-8-12/h1-6,8,13-15H,7H2. The van der Waals surface area contributed by atoms with Gasteiger partial charge in [0.1, 0.15) is 0 Å². The number of hydrogen-bond acceptors (Lipinski definition) is 4. The Bertz CT molecular complexity index is 448. The minimum Gasteiger partial charge on any atom is -0.386 e. The normalized spacial score (nSPS) is 11.7. The van der Waals surface area contributed by atoms with Crippen LogP contribution in [0.5, 0.6) is 0 Å². The Hall–Kier alpha value is -1.47. The van der Waals surface area contributed by atoms with E-state index in [9.17, 15) is 0 Å². The van der Waals surface area contributed by atoms with E-state index in [0.29, 0.717) is 6.54 Å².